The minimum absolute atomic E-state index is 0.475. The molecule has 0 aliphatic carbocycles. The first-order valence-corrected chi connectivity index (χ1v) is 6.02. The second-order valence-electron chi connectivity index (χ2n) is 4.61. The van der Waals surface area contributed by atoms with Gasteiger partial charge in [0.05, 0.1) is 5.52 Å². The van der Waals surface area contributed by atoms with Crippen molar-refractivity contribution in [1.82, 2.24) is 4.98 Å². The average molecular weight is 234 g/mol. The standard InChI is InChI=1S/C14H16ClN/c1-9(2)10(3)13-7-5-11-4-6-12(15)8-14(11)16-13/h4-10H,1-3H3. The summed E-state index contributed by atoms with van der Waals surface area (Å²) in [5.74, 6) is 1.08. The first-order chi connectivity index (χ1) is 7.58. The second kappa shape index (κ2) is 4.42. The van der Waals surface area contributed by atoms with E-state index >= 15 is 0 Å². The van der Waals surface area contributed by atoms with E-state index in [2.05, 4.69) is 37.9 Å². The molecule has 1 atom stereocenters. The minimum atomic E-state index is 0.475. The van der Waals surface area contributed by atoms with Gasteiger partial charge in [0, 0.05) is 22.0 Å². The summed E-state index contributed by atoms with van der Waals surface area (Å²) < 4.78 is 0. The molecule has 0 radical (unpaired) electrons. The van der Waals surface area contributed by atoms with E-state index in [9.17, 15) is 0 Å². The Morgan fingerprint density at radius 1 is 1.06 bits per heavy atom. The summed E-state index contributed by atoms with van der Waals surface area (Å²) in [4.78, 5) is 4.67. The molecule has 0 saturated heterocycles. The molecule has 2 rings (SSSR count). The molecule has 0 amide bonds. The van der Waals surface area contributed by atoms with E-state index in [4.69, 9.17) is 11.6 Å². The topological polar surface area (TPSA) is 12.9 Å². The van der Waals surface area contributed by atoms with Gasteiger partial charge in [-0.2, -0.15) is 0 Å². The lowest BCUT2D eigenvalue weighted by Gasteiger charge is -2.15. The maximum atomic E-state index is 5.97. The Balaban J connectivity index is 2.50. The van der Waals surface area contributed by atoms with Crippen molar-refractivity contribution in [1.29, 1.82) is 0 Å². The van der Waals surface area contributed by atoms with Crippen molar-refractivity contribution in [2.45, 2.75) is 26.7 Å². The maximum absolute atomic E-state index is 5.97. The van der Waals surface area contributed by atoms with Crippen molar-refractivity contribution >= 4 is 22.5 Å². The Morgan fingerprint density at radius 3 is 2.44 bits per heavy atom. The number of aromatic nitrogens is 1. The Labute approximate surface area is 101 Å². The lowest BCUT2D eigenvalue weighted by molar-refractivity contribution is 0.525. The molecule has 2 aromatic rings. The number of halogens is 1. The molecular formula is C14H16ClN. The van der Waals surface area contributed by atoms with Crippen LogP contribution in [0.2, 0.25) is 5.02 Å². The van der Waals surface area contributed by atoms with E-state index in [1.807, 2.05) is 18.2 Å². The molecule has 2 heteroatoms. The Hall–Kier alpha value is -1.08. The third-order valence-electron chi connectivity index (χ3n) is 3.14. The van der Waals surface area contributed by atoms with Gasteiger partial charge in [0.1, 0.15) is 0 Å². The van der Waals surface area contributed by atoms with Crippen molar-refractivity contribution in [3.8, 4) is 0 Å². The molecular weight excluding hydrogens is 218 g/mol. The molecule has 0 spiro atoms. The van der Waals surface area contributed by atoms with Crippen molar-refractivity contribution in [2.24, 2.45) is 5.92 Å². The van der Waals surface area contributed by atoms with E-state index in [0.717, 1.165) is 21.6 Å². The number of hydrogen-bond acceptors (Lipinski definition) is 1. The van der Waals surface area contributed by atoms with Crippen LogP contribution < -0.4 is 0 Å². The third kappa shape index (κ3) is 2.19. The molecule has 84 valence electrons. The first-order valence-electron chi connectivity index (χ1n) is 5.64. The largest absolute Gasteiger partial charge is 0.252 e. The zero-order valence-electron chi connectivity index (χ0n) is 9.87. The molecule has 0 bridgehead atoms. The van der Waals surface area contributed by atoms with Crippen molar-refractivity contribution in [3.05, 3.63) is 41.0 Å². The summed E-state index contributed by atoms with van der Waals surface area (Å²) in [7, 11) is 0. The molecule has 1 aromatic carbocycles. The number of hydrogen-bond donors (Lipinski definition) is 0. The highest BCUT2D eigenvalue weighted by atomic mass is 35.5. The maximum Gasteiger partial charge on any atom is 0.0720 e. The van der Waals surface area contributed by atoms with Crippen LogP contribution in [0.15, 0.2) is 30.3 Å². The fourth-order valence-electron chi connectivity index (χ4n) is 1.70. The summed E-state index contributed by atoms with van der Waals surface area (Å²) in [5, 5.41) is 1.89. The highest BCUT2D eigenvalue weighted by molar-refractivity contribution is 6.31. The molecule has 1 unspecified atom stereocenters. The van der Waals surface area contributed by atoms with Gasteiger partial charge < -0.3 is 0 Å². The van der Waals surface area contributed by atoms with Gasteiger partial charge in [0.25, 0.3) is 0 Å². The summed E-state index contributed by atoms with van der Waals surface area (Å²) in [6.07, 6.45) is 0. The number of benzene rings is 1. The molecule has 16 heavy (non-hydrogen) atoms. The van der Waals surface area contributed by atoms with Crippen molar-refractivity contribution in [2.75, 3.05) is 0 Å². The van der Waals surface area contributed by atoms with Gasteiger partial charge in [0.15, 0.2) is 0 Å². The lowest BCUT2D eigenvalue weighted by atomic mass is 9.94. The van der Waals surface area contributed by atoms with Crippen LogP contribution in [-0.4, -0.2) is 4.98 Å². The summed E-state index contributed by atoms with van der Waals surface area (Å²) in [6, 6.07) is 10.1. The van der Waals surface area contributed by atoms with Crippen molar-refractivity contribution in [3.63, 3.8) is 0 Å². The fourth-order valence-corrected chi connectivity index (χ4v) is 1.87. The van der Waals surface area contributed by atoms with Crippen LogP contribution in [0.4, 0.5) is 0 Å². The number of pyridine rings is 1. The quantitative estimate of drug-likeness (QED) is 0.736. The van der Waals surface area contributed by atoms with Gasteiger partial charge in [-0.25, -0.2) is 0 Å². The lowest BCUT2D eigenvalue weighted by Crippen LogP contribution is -2.04. The van der Waals surface area contributed by atoms with E-state index in [0.29, 0.717) is 11.8 Å². The number of rotatable bonds is 2. The van der Waals surface area contributed by atoms with Crippen LogP contribution in [0.3, 0.4) is 0 Å². The van der Waals surface area contributed by atoms with Crippen LogP contribution in [0, 0.1) is 5.92 Å². The zero-order valence-corrected chi connectivity index (χ0v) is 10.6. The Morgan fingerprint density at radius 2 is 1.75 bits per heavy atom. The average Bonchev–Trinajstić information content (AvgIpc) is 2.26. The molecule has 1 nitrogen and oxygen atoms in total. The molecule has 0 N–H and O–H groups in total. The highest BCUT2D eigenvalue weighted by Crippen LogP contribution is 2.25. The Kier molecular flexibility index (Phi) is 3.15. The predicted molar refractivity (Wildman–Crippen MR) is 70.0 cm³/mol. The van der Waals surface area contributed by atoms with Crippen molar-refractivity contribution < 1.29 is 0 Å². The van der Waals surface area contributed by atoms with E-state index in [1.54, 1.807) is 0 Å². The smallest absolute Gasteiger partial charge is 0.0720 e. The van der Waals surface area contributed by atoms with Gasteiger partial charge in [0.2, 0.25) is 0 Å². The summed E-state index contributed by atoms with van der Waals surface area (Å²) in [6.45, 7) is 6.65. The van der Waals surface area contributed by atoms with Gasteiger partial charge in [-0.1, -0.05) is 44.5 Å². The minimum Gasteiger partial charge on any atom is -0.252 e. The third-order valence-corrected chi connectivity index (χ3v) is 3.38. The highest BCUT2D eigenvalue weighted by Gasteiger charge is 2.11. The van der Waals surface area contributed by atoms with Gasteiger partial charge in [-0.3, -0.25) is 4.98 Å². The summed E-state index contributed by atoms with van der Waals surface area (Å²) >= 11 is 5.97. The number of nitrogens with zero attached hydrogens (tertiary/aromatic N) is 1. The predicted octanol–water partition coefficient (Wildman–Crippen LogP) is 4.65. The van der Waals surface area contributed by atoms with E-state index in [-0.39, 0.29) is 0 Å². The number of fused-ring (bicyclic) bond motifs is 1. The molecule has 0 fully saturated rings. The van der Waals surface area contributed by atoms with Gasteiger partial charge in [-0.15, -0.1) is 0 Å². The molecule has 0 saturated carbocycles. The normalized spacial score (nSPS) is 13.3. The molecule has 1 heterocycles. The fraction of sp³-hybridized carbons (Fsp3) is 0.357. The monoisotopic (exact) mass is 233 g/mol. The first kappa shape index (κ1) is 11.4. The molecule has 0 aliphatic heterocycles. The summed E-state index contributed by atoms with van der Waals surface area (Å²) in [5.41, 5.74) is 2.13. The van der Waals surface area contributed by atoms with Crippen LogP contribution in [0.1, 0.15) is 32.4 Å². The van der Waals surface area contributed by atoms with Crippen LogP contribution >= 0.6 is 11.6 Å². The second-order valence-corrected chi connectivity index (χ2v) is 5.04. The molecule has 1 aromatic heterocycles. The van der Waals surface area contributed by atoms with Crippen LogP contribution in [-0.2, 0) is 0 Å². The van der Waals surface area contributed by atoms with Crippen LogP contribution in [0.5, 0.6) is 0 Å². The van der Waals surface area contributed by atoms with Gasteiger partial charge in [-0.05, 0) is 24.1 Å². The van der Waals surface area contributed by atoms with Crippen LogP contribution in [0.25, 0.3) is 10.9 Å². The van der Waals surface area contributed by atoms with Gasteiger partial charge >= 0.3 is 0 Å². The zero-order chi connectivity index (χ0) is 11.7. The van der Waals surface area contributed by atoms with E-state index < -0.39 is 0 Å². The molecule has 0 aliphatic rings. The van der Waals surface area contributed by atoms with E-state index in [1.165, 1.54) is 0 Å². The SMILES string of the molecule is CC(C)C(C)c1ccc2ccc(Cl)cc2n1. The Bertz CT molecular complexity index is 505.